The number of amides is 1. The van der Waals surface area contributed by atoms with Crippen molar-refractivity contribution in [3.8, 4) is 0 Å². The lowest BCUT2D eigenvalue weighted by atomic mass is 10.1. The van der Waals surface area contributed by atoms with Crippen molar-refractivity contribution in [2.45, 2.75) is 46.7 Å². The van der Waals surface area contributed by atoms with E-state index in [0.29, 0.717) is 41.0 Å². The molecule has 0 atom stereocenters. The van der Waals surface area contributed by atoms with Crippen LogP contribution in [0.5, 0.6) is 0 Å². The summed E-state index contributed by atoms with van der Waals surface area (Å²) in [6.45, 7) is 6.02. The number of pyridine rings is 1. The summed E-state index contributed by atoms with van der Waals surface area (Å²) >= 11 is 0. The lowest BCUT2D eigenvalue weighted by Crippen LogP contribution is -2.41. The number of H-pyrrole nitrogens is 1. The third kappa shape index (κ3) is 4.46. The summed E-state index contributed by atoms with van der Waals surface area (Å²) in [5, 5.41) is 5.04. The van der Waals surface area contributed by atoms with Gasteiger partial charge in [0.25, 0.3) is 11.5 Å². The quantitative estimate of drug-likeness (QED) is 0.422. The van der Waals surface area contributed by atoms with E-state index in [9.17, 15) is 14.4 Å². The van der Waals surface area contributed by atoms with Gasteiger partial charge in [0.1, 0.15) is 5.82 Å². The van der Waals surface area contributed by atoms with Gasteiger partial charge in [-0.25, -0.2) is 9.78 Å². The van der Waals surface area contributed by atoms with Gasteiger partial charge in [-0.3, -0.25) is 28.7 Å². The highest BCUT2D eigenvalue weighted by molar-refractivity contribution is 6.14. The van der Waals surface area contributed by atoms with E-state index in [4.69, 9.17) is 5.73 Å². The molecule has 0 fully saturated rings. The first-order chi connectivity index (χ1) is 16.7. The minimum atomic E-state index is -0.713. The second-order valence-electron chi connectivity index (χ2n) is 8.59. The van der Waals surface area contributed by atoms with Crippen LogP contribution in [0.4, 0.5) is 11.5 Å². The van der Waals surface area contributed by atoms with Crippen molar-refractivity contribution in [3.63, 3.8) is 0 Å². The number of carbonyl (C=O) groups is 1. The van der Waals surface area contributed by atoms with Gasteiger partial charge in [0.05, 0.1) is 23.2 Å². The Labute approximate surface area is 202 Å². The molecule has 4 aromatic rings. The van der Waals surface area contributed by atoms with Crippen molar-refractivity contribution < 1.29 is 4.79 Å². The van der Waals surface area contributed by atoms with E-state index < -0.39 is 17.2 Å². The number of nitrogens with zero attached hydrogens (tertiary/aromatic N) is 5. The van der Waals surface area contributed by atoms with Gasteiger partial charge in [0.2, 0.25) is 0 Å². The fourth-order valence-electron chi connectivity index (χ4n) is 4.28. The zero-order valence-electron chi connectivity index (χ0n) is 20.3. The predicted octanol–water partition coefficient (Wildman–Crippen LogP) is 2.66. The van der Waals surface area contributed by atoms with E-state index in [1.807, 2.05) is 44.2 Å². The Bertz CT molecular complexity index is 1520. The number of hydrogen-bond donors (Lipinski definition) is 2. The number of aromatic amines is 1. The van der Waals surface area contributed by atoms with Crippen LogP contribution >= 0.6 is 0 Å². The zero-order valence-corrected chi connectivity index (χ0v) is 20.3. The fourth-order valence-corrected chi connectivity index (χ4v) is 4.28. The second kappa shape index (κ2) is 9.57. The van der Waals surface area contributed by atoms with Crippen LogP contribution in [-0.4, -0.2) is 30.2 Å². The van der Waals surface area contributed by atoms with Gasteiger partial charge in [-0.2, -0.15) is 5.10 Å². The molecule has 35 heavy (non-hydrogen) atoms. The topological polar surface area (TPSA) is 132 Å². The Kier molecular flexibility index (Phi) is 6.54. The Balaban J connectivity index is 1.96. The number of unbranched alkanes of at least 4 members (excludes halogenated alkanes) is 1. The first-order valence-electron chi connectivity index (χ1n) is 11.5. The Morgan fingerprint density at radius 2 is 1.89 bits per heavy atom. The molecule has 0 aliphatic heterocycles. The number of hydrogen-bond acceptors (Lipinski definition) is 6. The summed E-state index contributed by atoms with van der Waals surface area (Å²) < 4.78 is 2.94. The number of nitrogens with two attached hydrogens (primary N) is 1. The molecular weight excluding hydrogens is 446 g/mol. The molecule has 182 valence electrons. The maximum Gasteiger partial charge on any atom is 0.330 e. The van der Waals surface area contributed by atoms with Crippen LogP contribution in [0, 0.1) is 13.8 Å². The van der Waals surface area contributed by atoms with E-state index in [2.05, 4.69) is 15.1 Å². The highest BCUT2D eigenvalue weighted by Crippen LogP contribution is 2.27. The lowest BCUT2D eigenvalue weighted by molar-refractivity contribution is 0.0986. The minimum absolute atomic E-state index is 0.0404. The summed E-state index contributed by atoms with van der Waals surface area (Å²) in [5.74, 6) is -0.472. The SMILES string of the molecule is CCCCn1c(N)c(N(Cc2ccccc2)C(=O)c2cc(C)nc3c2c(C)nn3C)c(=O)[nH]c1=O. The Morgan fingerprint density at radius 3 is 2.57 bits per heavy atom. The highest BCUT2D eigenvalue weighted by atomic mass is 16.2. The molecule has 10 nitrogen and oxygen atoms in total. The minimum Gasteiger partial charge on any atom is -0.383 e. The third-order valence-corrected chi connectivity index (χ3v) is 5.98. The van der Waals surface area contributed by atoms with E-state index >= 15 is 0 Å². The molecular formula is C25H29N7O3. The maximum absolute atomic E-state index is 14.2. The van der Waals surface area contributed by atoms with Crippen LogP contribution in [-0.2, 0) is 20.1 Å². The molecule has 3 N–H and O–H groups in total. The maximum atomic E-state index is 14.2. The van der Waals surface area contributed by atoms with Gasteiger partial charge in [-0.05, 0) is 31.9 Å². The van der Waals surface area contributed by atoms with Crippen LogP contribution in [0.1, 0.15) is 47.1 Å². The number of carbonyl (C=O) groups excluding carboxylic acids is 1. The number of rotatable bonds is 7. The van der Waals surface area contributed by atoms with Crippen LogP contribution in [0.15, 0.2) is 46.0 Å². The molecule has 0 spiro atoms. The molecule has 0 bridgehead atoms. The van der Waals surface area contributed by atoms with Crippen molar-refractivity contribution in [2.24, 2.45) is 7.05 Å². The lowest BCUT2D eigenvalue weighted by Gasteiger charge is -2.25. The van der Waals surface area contributed by atoms with Gasteiger partial charge in [-0.15, -0.1) is 0 Å². The number of nitrogen functional groups attached to an aromatic ring is 1. The molecule has 0 saturated heterocycles. The van der Waals surface area contributed by atoms with Gasteiger partial charge in [-0.1, -0.05) is 43.7 Å². The predicted molar refractivity (Wildman–Crippen MR) is 136 cm³/mol. The zero-order chi connectivity index (χ0) is 25.3. The molecule has 0 radical (unpaired) electrons. The number of aromatic nitrogens is 5. The van der Waals surface area contributed by atoms with Gasteiger partial charge >= 0.3 is 5.69 Å². The van der Waals surface area contributed by atoms with E-state index in [1.54, 1.807) is 24.7 Å². The number of benzene rings is 1. The van der Waals surface area contributed by atoms with Gasteiger partial charge in [0, 0.05) is 19.3 Å². The van der Waals surface area contributed by atoms with Crippen molar-refractivity contribution in [1.29, 1.82) is 0 Å². The van der Waals surface area contributed by atoms with E-state index in [1.165, 1.54) is 9.47 Å². The largest absolute Gasteiger partial charge is 0.383 e. The number of fused-ring (bicyclic) bond motifs is 1. The molecule has 4 rings (SSSR count). The summed E-state index contributed by atoms with van der Waals surface area (Å²) in [6.07, 6.45) is 1.53. The first-order valence-corrected chi connectivity index (χ1v) is 11.5. The van der Waals surface area contributed by atoms with E-state index in [0.717, 1.165) is 12.0 Å². The molecule has 3 aromatic heterocycles. The summed E-state index contributed by atoms with van der Waals surface area (Å²) in [4.78, 5) is 48.0. The molecule has 1 amide bonds. The van der Waals surface area contributed by atoms with Crippen LogP contribution < -0.4 is 21.9 Å². The smallest absolute Gasteiger partial charge is 0.330 e. The number of nitrogens with one attached hydrogen (secondary N) is 1. The summed E-state index contributed by atoms with van der Waals surface area (Å²) in [5.41, 5.74) is 8.04. The molecule has 0 saturated carbocycles. The Hall–Kier alpha value is -4.21. The van der Waals surface area contributed by atoms with Gasteiger partial charge in [0.15, 0.2) is 11.3 Å². The number of anilines is 2. The summed E-state index contributed by atoms with van der Waals surface area (Å²) in [7, 11) is 1.77. The molecule has 0 unspecified atom stereocenters. The standard InChI is InChI=1S/C25H29N7O3/c1-5-6-12-31-21(26)20(23(33)28-25(31)35)32(14-17-10-8-7-9-11-17)24(34)18-13-15(2)27-22-19(18)16(3)29-30(22)4/h7-11,13H,5-6,12,14,26H2,1-4H3,(H,28,33,35). The first kappa shape index (κ1) is 23.9. The fraction of sp³-hybridized carbons (Fsp3) is 0.320. The van der Waals surface area contributed by atoms with Gasteiger partial charge < -0.3 is 5.73 Å². The Morgan fingerprint density at radius 1 is 1.17 bits per heavy atom. The molecule has 0 aliphatic rings. The molecule has 3 heterocycles. The molecule has 1 aromatic carbocycles. The van der Waals surface area contributed by atoms with Crippen LogP contribution in [0.2, 0.25) is 0 Å². The van der Waals surface area contributed by atoms with Crippen molar-refractivity contribution >= 4 is 28.4 Å². The summed E-state index contributed by atoms with van der Waals surface area (Å²) in [6, 6.07) is 11.0. The normalized spacial score (nSPS) is 11.2. The van der Waals surface area contributed by atoms with Crippen LogP contribution in [0.25, 0.3) is 11.0 Å². The van der Waals surface area contributed by atoms with E-state index in [-0.39, 0.29) is 18.1 Å². The highest BCUT2D eigenvalue weighted by Gasteiger charge is 2.28. The third-order valence-electron chi connectivity index (χ3n) is 5.98. The average molecular weight is 476 g/mol. The molecule has 0 aliphatic carbocycles. The van der Waals surface area contributed by atoms with Crippen LogP contribution in [0.3, 0.4) is 0 Å². The van der Waals surface area contributed by atoms with Crippen molar-refractivity contribution in [3.05, 3.63) is 79.8 Å². The second-order valence-corrected chi connectivity index (χ2v) is 8.59. The molecule has 10 heteroatoms. The monoisotopic (exact) mass is 475 g/mol. The number of aryl methyl sites for hydroxylation is 3. The average Bonchev–Trinajstić information content (AvgIpc) is 3.10. The van der Waals surface area contributed by atoms with Crippen molar-refractivity contribution in [1.82, 2.24) is 24.3 Å². The van der Waals surface area contributed by atoms with Crippen molar-refractivity contribution in [2.75, 3.05) is 10.6 Å².